The Kier molecular flexibility index (Phi) is 4.75. The highest BCUT2D eigenvalue weighted by atomic mass is 79.9. The zero-order chi connectivity index (χ0) is 15.4. The first-order chi connectivity index (χ1) is 9.97. The van der Waals surface area contributed by atoms with E-state index >= 15 is 0 Å². The number of nitrogens with one attached hydrogen (secondary N) is 1. The van der Waals surface area contributed by atoms with E-state index in [1.54, 1.807) is 18.2 Å². The van der Waals surface area contributed by atoms with Gasteiger partial charge in [-0.05, 0) is 36.2 Å². The molecule has 0 atom stereocenters. The summed E-state index contributed by atoms with van der Waals surface area (Å²) in [6, 6.07) is 12.1. The van der Waals surface area contributed by atoms with Crippen molar-refractivity contribution in [3.63, 3.8) is 0 Å². The average molecular weight is 348 g/mol. The summed E-state index contributed by atoms with van der Waals surface area (Å²) in [5.41, 5.74) is 2.30. The molecule has 4 nitrogen and oxygen atoms in total. The number of anilines is 1. The molecule has 0 saturated heterocycles. The second-order valence-electron chi connectivity index (χ2n) is 4.65. The van der Waals surface area contributed by atoms with E-state index in [1.165, 1.54) is 6.07 Å². The maximum atomic E-state index is 12.1. The first-order valence-corrected chi connectivity index (χ1v) is 7.14. The molecule has 0 aliphatic carbocycles. The zero-order valence-electron chi connectivity index (χ0n) is 11.4. The summed E-state index contributed by atoms with van der Waals surface area (Å²) in [5.74, 6) is -1.28. The Labute approximate surface area is 130 Å². The molecule has 2 rings (SSSR count). The normalized spacial score (nSPS) is 10.2. The van der Waals surface area contributed by atoms with Crippen LogP contribution in [0.3, 0.4) is 0 Å². The molecule has 0 radical (unpaired) electrons. The molecule has 2 N–H and O–H groups in total. The molecule has 0 heterocycles. The van der Waals surface area contributed by atoms with Gasteiger partial charge in [-0.1, -0.05) is 40.2 Å². The number of hydrogen-bond donors (Lipinski definition) is 2. The smallest absolute Gasteiger partial charge is 0.335 e. The van der Waals surface area contributed by atoms with Gasteiger partial charge in [0.1, 0.15) is 0 Å². The van der Waals surface area contributed by atoms with E-state index in [0.29, 0.717) is 11.3 Å². The lowest BCUT2D eigenvalue weighted by Crippen LogP contribution is -2.17. The van der Waals surface area contributed by atoms with Crippen molar-refractivity contribution in [1.82, 2.24) is 0 Å². The second kappa shape index (κ2) is 6.54. The standard InChI is InChI=1S/C16H14BrNO3/c1-10-6-7-12(17)9-14(10)18-15(19)8-11-4-2-3-5-13(11)16(20)21/h2-7,9H,8H2,1H3,(H,18,19)(H,20,21). The largest absolute Gasteiger partial charge is 0.478 e. The fourth-order valence-electron chi connectivity index (χ4n) is 1.98. The highest BCUT2D eigenvalue weighted by Crippen LogP contribution is 2.21. The molecule has 108 valence electrons. The van der Waals surface area contributed by atoms with Gasteiger partial charge in [-0.15, -0.1) is 0 Å². The summed E-state index contributed by atoms with van der Waals surface area (Å²) in [4.78, 5) is 23.2. The van der Waals surface area contributed by atoms with E-state index < -0.39 is 5.97 Å². The van der Waals surface area contributed by atoms with Crippen LogP contribution in [0.25, 0.3) is 0 Å². The van der Waals surface area contributed by atoms with Gasteiger partial charge < -0.3 is 10.4 Å². The van der Waals surface area contributed by atoms with Crippen LogP contribution in [0.5, 0.6) is 0 Å². The Balaban J connectivity index is 2.16. The fraction of sp³-hybridized carbons (Fsp3) is 0.125. The van der Waals surface area contributed by atoms with Crippen LogP contribution < -0.4 is 5.32 Å². The van der Waals surface area contributed by atoms with Gasteiger partial charge in [-0.3, -0.25) is 4.79 Å². The number of aryl methyl sites for hydroxylation is 1. The Morgan fingerprint density at radius 3 is 2.62 bits per heavy atom. The summed E-state index contributed by atoms with van der Waals surface area (Å²) in [6.07, 6.45) is 0.0222. The van der Waals surface area contributed by atoms with Gasteiger partial charge in [0, 0.05) is 10.2 Å². The van der Waals surface area contributed by atoms with Crippen LogP contribution in [-0.4, -0.2) is 17.0 Å². The minimum atomic E-state index is -1.03. The molecule has 2 aromatic rings. The van der Waals surface area contributed by atoms with E-state index in [-0.39, 0.29) is 17.9 Å². The predicted molar refractivity (Wildman–Crippen MR) is 84.6 cm³/mol. The summed E-state index contributed by atoms with van der Waals surface area (Å²) in [6.45, 7) is 1.90. The molecule has 5 heteroatoms. The van der Waals surface area contributed by atoms with Gasteiger partial charge in [0.25, 0.3) is 0 Å². The van der Waals surface area contributed by atoms with Gasteiger partial charge in [0.15, 0.2) is 0 Å². The SMILES string of the molecule is Cc1ccc(Br)cc1NC(=O)Cc1ccccc1C(=O)O. The van der Waals surface area contributed by atoms with Crippen LogP contribution in [-0.2, 0) is 11.2 Å². The molecular weight excluding hydrogens is 334 g/mol. The molecule has 0 unspecified atom stereocenters. The molecule has 21 heavy (non-hydrogen) atoms. The number of amides is 1. The third-order valence-corrected chi connectivity index (χ3v) is 3.57. The van der Waals surface area contributed by atoms with Gasteiger partial charge in [-0.25, -0.2) is 4.79 Å². The lowest BCUT2D eigenvalue weighted by Gasteiger charge is -2.10. The molecule has 0 fully saturated rings. The lowest BCUT2D eigenvalue weighted by atomic mass is 10.0. The van der Waals surface area contributed by atoms with Crippen LogP contribution >= 0.6 is 15.9 Å². The number of carboxylic acids is 1. The van der Waals surface area contributed by atoms with Crippen LogP contribution in [0.1, 0.15) is 21.5 Å². The average Bonchev–Trinajstić information content (AvgIpc) is 2.43. The summed E-state index contributed by atoms with van der Waals surface area (Å²) < 4.78 is 0.870. The fourth-order valence-corrected chi connectivity index (χ4v) is 2.34. The quantitative estimate of drug-likeness (QED) is 0.887. The minimum Gasteiger partial charge on any atom is -0.478 e. The number of halogens is 1. The van der Waals surface area contributed by atoms with Crippen molar-refractivity contribution in [3.8, 4) is 0 Å². The molecule has 0 aromatic heterocycles. The van der Waals surface area contributed by atoms with E-state index in [2.05, 4.69) is 21.2 Å². The highest BCUT2D eigenvalue weighted by molar-refractivity contribution is 9.10. The Morgan fingerprint density at radius 2 is 1.90 bits per heavy atom. The van der Waals surface area contributed by atoms with Gasteiger partial charge in [0.2, 0.25) is 5.91 Å². The van der Waals surface area contributed by atoms with E-state index in [1.807, 2.05) is 25.1 Å². The molecule has 2 aromatic carbocycles. The second-order valence-corrected chi connectivity index (χ2v) is 5.56. The van der Waals surface area contributed by atoms with Crippen LogP contribution in [0.15, 0.2) is 46.9 Å². The van der Waals surface area contributed by atoms with E-state index in [9.17, 15) is 9.59 Å². The zero-order valence-corrected chi connectivity index (χ0v) is 13.0. The monoisotopic (exact) mass is 347 g/mol. The summed E-state index contributed by atoms with van der Waals surface area (Å²) in [5, 5.41) is 11.9. The third-order valence-electron chi connectivity index (χ3n) is 3.07. The molecule has 0 bridgehead atoms. The minimum absolute atomic E-state index is 0.0222. The summed E-state index contributed by atoms with van der Waals surface area (Å²) >= 11 is 3.35. The van der Waals surface area contributed by atoms with Gasteiger partial charge >= 0.3 is 5.97 Å². The number of carbonyl (C=O) groups excluding carboxylic acids is 1. The number of benzene rings is 2. The first-order valence-electron chi connectivity index (χ1n) is 6.34. The number of rotatable bonds is 4. The van der Waals surface area contributed by atoms with Gasteiger partial charge in [-0.2, -0.15) is 0 Å². The van der Waals surface area contributed by atoms with Crippen molar-refractivity contribution in [2.75, 3.05) is 5.32 Å². The van der Waals surface area contributed by atoms with Crippen molar-refractivity contribution in [2.24, 2.45) is 0 Å². The molecule has 0 saturated carbocycles. The molecular formula is C16H14BrNO3. The third kappa shape index (κ3) is 3.92. The van der Waals surface area contributed by atoms with Crippen molar-refractivity contribution in [1.29, 1.82) is 0 Å². The molecule has 0 spiro atoms. The Morgan fingerprint density at radius 1 is 1.19 bits per heavy atom. The van der Waals surface area contributed by atoms with Crippen LogP contribution in [0.2, 0.25) is 0 Å². The van der Waals surface area contributed by atoms with Crippen molar-refractivity contribution in [2.45, 2.75) is 13.3 Å². The molecule has 0 aliphatic heterocycles. The number of carbonyl (C=O) groups is 2. The lowest BCUT2D eigenvalue weighted by molar-refractivity contribution is -0.115. The number of aromatic carboxylic acids is 1. The first kappa shape index (κ1) is 15.3. The number of carboxylic acid groups (broad SMARTS) is 1. The summed E-state index contributed by atoms with van der Waals surface area (Å²) in [7, 11) is 0. The molecule has 0 aliphatic rings. The van der Waals surface area contributed by atoms with Crippen molar-refractivity contribution >= 4 is 33.5 Å². The van der Waals surface area contributed by atoms with Crippen molar-refractivity contribution in [3.05, 3.63) is 63.6 Å². The van der Waals surface area contributed by atoms with E-state index in [4.69, 9.17) is 5.11 Å². The number of hydrogen-bond acceptors (Lipinski definition) is 2. The van der Waals surface area contributed by atoms with Gasteiger partial charge in [0.05, 0.1) is 12.0 Å². The maximum Gasteiger partial charge on any atom is 0.335 e. The van der Waals surface area contributed by atoms with E-state index in [0.717, 1.165) is 10.0 Å². The molecule has 1 amide bonds. The Hall–Kier alpha value is -2.14. The van der Waals surface area contributed by atoms with Crippen LogP contribution in [0.4, 0.5) is 5.69 Å². The van der Waals surface area contributed by atoms with Crippen LogP contribution in [0, 0.1) is 6.92 Å². The van der Waals surface area contributed by atoms with Crippen molar-refractivity contribution < 1.29 is 14.7 Å². The predicted octanol–water partition coefficient (Wildman–Crippen LogP) is 3.64. The maximum absolute atomic E-state index is 12.1. The topological polar surface area (TPSA) is 66.4 Å². The Bertz CT molecular complexity index is 698. The highest BCUT2D eigenvalue weighted by Gasteiger charge is 2.13.